The first-order chi connectivity index (χ1) is 10.7. The van der Waals surface area contributed by atoms with Crippen molar-refractivity contribution in [1.82, 2.24) is 0 Å². The molecule has 2 fully saturated rings. The molecule has 1 aromatic carbocycles. The van der Waals surface area contributed by atoms with Gasteiger partial charge in [-0.25, -0.2) is 0 Å². The van der Waals surface area contributed by atoms with E-state index < -0.39 is 0 Å². The van der Waals surface area contributed by atoms with Crippen LogP contribution >= 0.6 is 11.6 Å². The highest BCUT2D eigenvalue weighted by Gasteiger charge is 2.38. The van der Waals surface area contributed by atoms with Gasteiger partial charge in [0.2, 0.25) is 0 Å². The topological polar surface area (TPSA) is 44.5 Å². The number of ether oxygens (including phenoxy) is 2. The van der Waals surface area contributed by atoms with E-state index >= 15 is 0 Å². The van der Waals surface area contributed by atoms with Gasteiger partial charge < -0.3 is 15.2 Å². The van der Waals surface area contributed by atoms with E-state index in [4.69, 9.17) is 26.8 Å². The maximum absolute atomic E-state index is 6.60. The number of halogens is 1. The lowest BCUT2D eigenvalue weighted by atomic mass is 9.69. The first-order valence-corrected chi connectivity index (χ1v) is 8.78. The molecule has 2 N–H and O–H groups in total. The van der Waals surface area contributed by atoms with Crippen molar-refractivity contribution in [3.05, 3.63) is 22.7 Å². The van der Waals surface area contributed by atoms with E-state index in [1.165, 1.54) is 32.1 Å². The molecule has 2 aliphatic rings. The number of rotatable bonds is 6. The normalized spacial score (nSPS) is 20.7. The molecule has 4 heteroatoms. The Hall–Kier alpha value is -0.930. The SMILES string of the molecule is COc1ccc(Cl)c(C2(CN)CCCCC2)c1OCC1CC1. The zero-order chi connectivity index (χ0) is 15.6. The van der Waals surface area contributed by atoms with E-state index in [2.05, 4.69) is 0 Å². The predicted molar refractivity (Wildman–Crippen MR) is 90.0 cm³/mol. The standard InChI is InChI=1S/C18H26ClNO2/c1-21-15-8-7-14(19)16(17(15)22-11-13-5-6-13)18(12-20)9-3-2-4-10-18/h7-8,13H,2-6,9-12,20H2,1H3. The molecule has 122 valence electrons. The Balaban J connectivity index is 2.02. The van der Waals surface area contributed by atoms with Gasteiger partial charge in [0.1, 0.15) is 0 Å². The number of nitrogens with two attached hydrogens (primary N) is 1. The van der Waals surface area contributed by atoms with Crippen LogP contribution in [-0.2, 0) is 5.41 Å². The van der Waals surface area contributed by atoms with Crippen LogP contribution in [0.25, 0.3) is 0 Å². The molecule has 0 radical (unpaired) electrons. The molecular formula is C18H26ClNO2. The third kappa shape index (κ3) is 3.07. The van der Waals surface area contributed by atoms with Crippen LogP contribution in [0.2, 0.25) is 5.02 Å². The van der Waals surface area contributed by atoms with Crippen LogP contribution in [0.5, 0.6) is 11.5 Å². The first kappa shape index (κ1) is 15.9. The van der Waals surface area contributed by atoms with Gasteiger partial charge in [-0.15, -0.1) is 0 Å². The fraction of sp³-hybridized carbons (Fsp3) is 0.667. The number of methoxy groups -OCH3 is 1. The molecule has 0 bridgehead atoms. The predicted octanol–water partition coefficient (Wildman–Crippen LogP) is 4.30. The Morgan fingerprint density at radius 3 is 2.55 bits per heavy atom. The summed E-state index contributed by atoms with van der Waals surface area (Å²) >= 11 is 6.60. The van der Waals surface area contributed by atoms with Crippen molar-refractivity contribution in [2.24, 2.45) is 11.7 Å². The molecule has 0 amide bonds. The summed E-state index contributed by atoms with van der Waals surface area (Å²) in [6.07, 6.45) is 8.37. The van der Waals surface area contributed by atoms with Crippen LogP contribution in [0.15, 0.2) is 12.1 Å². The molecule has 22 heavy (non-hydrogen) atoms. The smallest absolute Gasteiger partial charge is 0.166 e. The number of hydrogen-bond donors (Lipinski definition) is 1. The molecule has 3 rings (SSSR count). The Bertz CT molecular complexity index is 522. The number of benzene rings is 1. The fourth-order valence-electron chi connectivity index (χ4n) is 3.61. The molecule has 2 saturated carbocycles. The van der Waals surface area contributed by atoms with E-state index in [1.54, 1.807) is 7.11 Å². The third-order valence-electron chi connectivity index (χ3n) is 5.18. The van der Waals surface area contributed by atoms with Gasteiger partial charge in [0, 0.05) is 22.5 Å². The highest BCUT2D eigenvalue weighted by molar-refractivity contribution is 6.31. The van der Waals surface area contributed by atoms with E-state index in [0.717, 1.165) is 41.5 Å². The summed E-state index contributed by atoms with van der Waals surface area (Å²) in [5.74, 6) is 2.30. The van der Waals surface area contributed by atoms with Crippen molar-refractivity contribution in [3.63, 3.8) is 0 Å². The van der Waals surface area contributed by atoms with Crippen LogP contribution in [0, 0.1) is 5.92 Å². The Morgan fingerprint density at radius 2 is 1.95 bits per heavy atom. The van der Waals surface area contributed by atoms with Crippen molar-refractivity contribution in [3.8, 4) is 11.5 Å². The van der Waals surface area contributed by atoms with Gasteiger partial charge in [0.25, 0.3) is 0 Å². The molecule has 0 unspecified atom stereocenters. The maximum atomic E-state index is 6.60. The van der Waals surface area contributed by atoms with Gasteiger partial charge >= 0.3 is 0 Å². The van der Waals surface area contributed by atoms with E-state index in [1.807, 2.05) is 12.1 Å². The van der Waals surface area contributed by atoms with Gasteiger partial charge in [0.15, 0.2) is 11.5 Å². The summed E-state index contributed by atoms with van der Waals surface area (Å²) in [5.41, 5.74) is 7.23. The molecule has 0 aromatic heterocycles. The molecule has 0 atom stereocenters. The molecule has 0 aliphatic heterocycles. The van der Waals surface area contributed by atoms with Gasteiger partial charge in [0.05, 0.1) is 13.7 Å². The zero-order valence-corrected chi connectivity index (χ0v) is 14.1. The summed E-state index contributed by atoms with van der Waals surface area (Å²) in [5, 5.41) is 0.763. The molecule has 0 spiro atoms. The van der Waals surface area contributed by atoms with Gasteiger partial charge in [-0.2, -0.15) is 0 Å². The summed E-state index contributed by atoms with van der Waals surface area (Å²) in [6, 6.07) is 3.83. The average Bonchev–Trinajstić information content (AvgIpc) is 3.38. The van der Waals surface area contributed by atoms with Crippen LogP contribution in [0.3, 0.4) is 0 Å². The van der Waals surface area contributed by atoms with Crippen LogP contribution in [0.4, 0.5) is 0 Å². The quantitative estimate of drug-likeness (QED) is 0.849. The Kier molecular flexibility index (Phi) is 4.84. The van der Waals surface area contributed by atoms with Crippen LogP contribution in [0.1, 0.15) is 50.5 Å². The summed E-state index contributed by atoms with van der Waals surface area (Å²) < 4.78 is 11.7. The van der Waals surface area contributed by atoms with Gasteiger partial charge in [-0.05, 0) is 43.7 Å². The molecule has 3 nitrogen and oxygen atoms in total. The van der Waals surface area contributed by atoms with Crippen molar-refractivity contribution in [2.75, 3.05) is 20.3 Å². The molecule has 1 aromatic rings. The van der Waals surface area contributed by atoms with Gasteiger partial charge in [-0.3, -0.25) is 0 Å². The average molecular weight is 324 g/mol. The maximum Gasteiger partial charge on any atom is 0.166 e. The minimum Gasteiger partial charge on any atom is -0.493 e. The molecule has 0 heterocycles. The summed E-state index contributed by atoms with van der Waals surface area (Å²) in [7, 11) is 1.69. The van der Waals surface area contributed by atoms with E-state index in [9.17, 15) is 0 Å². The summed E-state index contributed by atoms with van der Waals surface area (Å²) in [6.45, 7) is 1.37. The lowest BCUT2D eigenvalue weighted by molar-refractivity contribution is 0.251. The second kappa shape index (κ2) is 6.67. The molecule has 2 aliphatic carbocycles. The fourth-order valence-corrected chi connectivity index (χ4v) is 3.96. The Labute approximate surface area is 138 Å². The monoisotopic (exact) mass is 323 g/mol. The number of hydrogen-bond acceptors (Lipinski definition) is 3. The third-order valence-corrected chi connectivity index (χ3v) is 5.50. The van der Waals surface area contributed by atoms with E-state index in [0.29, 0.717) is 12.5 Å². The van der Waals surface area contributed by atoms with Crippen molar-refractivity contribution in [1.29, 1.82) is 0 Å². The molecule has 0 saturated heterocycles. The van der Waals surface area contributed by atoms with Crippen LogP contribution in [-0.4, -0.2) is 20.3 Å². The van der Waals surface area contributed by atoms with Crippen molar-refractivity contribution < 1.29 is 9.47 Å². The highest BCUT2D eigenvalue weighted by atomic mass is 35.5. The second-order valence-electron chi connectivity index (χ2n) is 6.75. The zero-order valence-electron chi connectivity index (χ0n) is 13.4. The second-order valence-corrected chi connectivity index (χ2v) is 7.16. The van der Waals surface area contributed by atoms with Crippen molar-refractivity contribution >= 4 is 11.6 Å². The lowest BCUT2D eigenvalue weighted by Crippen LogP contribution is -2.38. The Morgan fingerprint density at radius 1 is 1.23 bits per heavy atom. The largest absolute Gasteiger partial charge is 0.493 e. The molecular weight excluding hydrogens is 298 g/mol. The van der Waals surface area contributed by atoms with E-state index in [-0.39, 0.29) is 5.41 Å². The first-order valence-electron chi connectivity index (χ1n) is 8.40. The van der Waals surface area contributed by atoms with Crippen molar-refractivity contribution in [2.45, 2.75) is 50.4 Å². The minimum atomic E-state index is -0.0667. The lowest BCUT2D eigenvalue weighted by Gasteiger charge is -2.38. The minimum absolute atomic E-state index is 0.0667. The summed E-state index contributed by atoms with van der Waals surface area (Å²) in [4.78, 5) is 0. The van der Waals surface area contributed by atoms with Crippen LogP contribution < -0.4 is 15.2 Å². The van der Waals surface area contributed by atoms with Gasteiger partial charge in [-0.1, -0.05) is 30.9 Å². The highest BCUT2D eigenvalue weighted by Crippen LogP contribution is 2.49.